The Bertz CT molecular complexity index is 564. The predicted molar refractivity (Wildman–Crippen MR) is 82.5 cm³/mol. The highest BCUT2D eigenvalue weighted by molar-refractivity contribution is 5.92. The van der Waals surface area contributed by atoms with Gasteiger partial charge in [0.2, 0.25) is 0 Å². The molecule has 22 heavy (non-hydrogen) atoms. The topological polar surface area (TPSA) is 64.6 Å². The minimum atomic E-state index is -1.06. The molecule has 0 aliphatic heterocycles. The van der Waals surface area contributed by atoms with E-state index in [-0.39, 0.29) is 11.8 Å². The standard InChI is InChI=1S/C17H23NO4/c1-11-13(12-9-7-6-8-10-12)17(11,14(19)21-5)18-15(20)22-16(2,3)4/h6-11,13H,1-5H3,(H,18,20)/t11?,13-,17?/m0/s1. The largest absolute Gasteiger partial charge is 0.467 e. The van der Waals surface area contributed by atoms with E-state index in [0.717, 1.165) is 5.56 Å². The second-order valence-electron chi connectivity index (χ2n) is 6.66. The first-order valence-electron chi connectivity index (χ1n) is 7.37. The third-order valence-corrected chi connectivity index (χ3v) is 3.99. The third-order valence-electron chi connectivity index (χ3n) is 3.99. The lowest BCUT2D eigenvalue weighted by Gasteiger charge is -2.23. The van der Waals surface area contributed by atoms with Crippen LogP contribution in [0.15, 0.2) is 30.3 Å². The Kier molecular flexibility index (Phi) is 4.18. The number of methoxy groups -OCH3 is 1. The molecule has 0 bridgehead atoms. The van der Waals surface area contributed by atoms with Crippen LogP contribution in [0.4, 0.5) is 4.79 Å². The molecule has 1 saturated carbocycles. The van der Waals surface area contributed by atoms with Crippen molar-refractivity contribution < 1.29 is 19.1 Å². The van der Waals surface area contributed by atoms with Crippen LogP contribution in [0, 0.1) is 5.92 Å². The second-order valence-corrected chi connectivity index (χ2v) is 6.66. The average Bonchev–Trinajstić information content (AvgIpc) is 3.02. The molecular weight excluding hydrogens is 282 g/mol. The summed E-state index contributed by atoms with van der Waals surface area (Å²) in [6, 6.07) is 9.63. The number of amides is 1. The smallest absolute Gasteiger partial charge is 0.408 e. The average molecular weight is 305 g/mol. The van der Waals surface area contributed by atoms with Gasteiger partial charge < -0.3 is 14.8 Å². The van der Waals surface area contributed by atoms with Crippen molar-refractivity contribution in [3.8, 4) is 0 Å². The van der Waals surface area contributed by atoms with E-state index in [4.69, 9.17) is 9.47 Å². The van der Waals surface area contributed by atoms with Crippen LogP contribution in [0.25, 0.3) is 0 Å². The summed E-state index contributed by atoms with van der Waals surface area (Å²) >= 11 is 0. The highest BCUT2D eigenvalue weighted by Crippen LogP contribution is 2.58. The summed E-state index contributed by atoms with van der Waals surface area (Å²) in [5.41, 5.74) is -0.684. The minimum absolute atomic E-state index is 0.0603. The molecule has 1 aromatic rings. The van der Waals surface area contributed by atoms with Crippen LogP contribution < -0.4 is 5.32 Å². The van der Waals surface area contributed by atoms with Crippen LogP contribution in [0.2, 0.25) is 0 Å². The fraction of sp³-hybridized carbons (Fsp3) is 0.529. The van der Waals surface area contributed by atoms with E-state index in [1.165, 1.54) is 7.11 Å². The van der Waals surface area contributed by atoms with Crippen LogP contribution in [-0.4, -0.2) is 30.3 Å². The SMILES string of the molecule is COC(=O)C1(NC(=O)OC(C)(C)C)C(C)[C@H]1c1ccccc1. The van der Waals surface area contributed by atoms with Gasteiger partial charge in [-0.3, -0.25) is 0 Å². The van der Waals surface area contributed by atoms with Gasteiger partial charge >= 0.3 is 12.1 Å². The van der Waals surface area contributed by atoms with Gasteiger partial charge in [-0.15, -0.1) is 0 Å². The van der Waals surface area contributed by atoms with Gasteiger partial charge in [0, 0.05) is 11.8 Å². The van der Waals surface area contributed by atoms with Crippen molar-refractivity contribution in [2.24, 2.45) is 5.92 Å². The lowest BCUT2D eigenvalue weighted by molar-refractivity contribution is -0.145. The van der Waals surface area contributed by atoms with E-state index in [1.807, 2.05) is 37.3 Å². The highest BCUT2D eigenvalue weighted by Gasteiger charge is 2.70. The highest BCUT2D eigenvalue weighted by atomic mass is 16.6. The first kappa shape index (κ1) is 16.3. The van der Waals surface area contributed by atoms with Crippen molar-refractivity contribution in [3.63, 3.8) is 0 Å². The molecule has 1 N–H and O–H groups in total. The molecule has 1 amide bonds. The second kappa shape index (κ2) is 5.63. The number of esters is 1. The third kappa shape index (κ3) is 2.93. The maximum Gasteiger partial charge on any atom is 0.408 e. The lowest BCUT2D eigenvalue weighted by Crippen LogP contribution is -2.48. The summed E-state index contributed by atoms with van der Waals surface area (Å²) in [5, 5.41) is 2.74. The van der Waals surface area contributed by atoms with Crippen LogP contribution in [0.1, 0.15) is 39.2 Å². The Morgan fingerprint density at radius 2 is 1.77 bits per heavy atom. The molecule has 1 aliphatic carbocycles. The zero-order valence-corrected chi connectivity index (χ0v) is 13.7. The van der Waals surface area contributed by atoms with E-state index >= 15 is 0 Å². The Morgan fingerprint density at radius 3 is 2.27 bits per heavy atom. The molecule has 3 atom stereocenters. The monoisotopic (exact) mass is 305 g/mol. The number of carbonyl (C=O) groups is 2. The number of hydrogen-bond acceptors (Lipinski definition) is 4. The maximum absolute atomic E-state index is 12.3. The molecular formula is C17H23NO4. The van der Waals surface area contributed by atoms with E-state index in [0.29, 0.717) is 0 Å². The molecule has 120 valence electrons. The zero-order valence-electron chi connectivity index (χ0n) is 13.7. The molecule has 2 rings (SSSR count). The van der Waals surface area contributed by atoms with E-state index in [9.17, 15) is 9.59 Å². The minimum Gasteiger partial charge on any atom is -0.467 e. The van der Waals surface area contributed by atoms with Crippen LogP contribution in [-0.2, 0) is 14.3 Å². The molecule has 1 aliphatic rings. The van der Waals surface area contributed by atoms with Crippen LogP contribution >= 0.6 is 0 Å². The van der Waals surface area contributed by atoms with Gasteiger partial charge in [0.1, 0.15) is 5.60 Å². The molecule has 0 radical (unpaired) electrons. The molecule has 0 aromatic heterocycles. The van der Waals surface area contributed by atoms with Crippen molar-refractivity contribution in [1.82, 2.24) is 5.32 Å². The fourth-order valence-corrected chi connectivity index (χ4v) is 2.97. The summed E-state index contributed by atoms with van der Waals surface area (Å²) in [6.07, 6.45) is -0.608. The molecule has 5 heteroatoms. The maximum atomic E-state index is 12.3. The van der Waals surface area contributed by atoms with Gasteiger partial charge in [-0.25, -0.2) is 9.59 Å². The molecule has 0 spiro atoms. The van der Waals surface area contributed by atoms with Gasteiger partial charge in [-0.1, -0.05) is 37.3 Å². The lowest BCUT2D eigenvalue weighted by atomic mass is 10.1. The van der Waals surface area contributed by atoms with Crippen molar-refractivity contribution in [2.75, 3.05) is 7.11 Å². The molecule has 5 nitrogen and oxygen atoms in total. The number of benzene rings is 1. The first-order chi connectivity index (χ1) is 10.2. The van der Waals surface area contributed by atoms with E-state index in [2.05, 4.69) is 5.32 Å². The Hall–Kier alpha value is -2.04. The Labute approximate surface area is 131 Å². The molecule has 0 saturated heterocycles. The number of rotatable bonds is 3. The van der Waals surface area contributed by atoms with Crippen molar-refractivity contribution in [2.45, 2.75) is 44.8 Å². The Morgan fingerprint density at radius 1 is 1.18 bits per heavy atom. The predicted octanol–water partition coefficient (Wildman–Crippen LogP) is 2.86. The summed E-state index contributed by atoms with van der Waals surface area (Å²) in [7, 11) is 1.33. The fourth-order valence-electron chi connectivity index (χ4n) is 2.97. The van der Waals surface area contributed by atoms with E-state index < -0.39 is 23.2 Å². The van der Waals surface area contributed by atoms with Crippen LogP contribution in [0.5, 0.6) is 0 Å². The molecule has 1 aromatic carbocycles. The van der Waals surface area contributed by atoms with Gasteiger partial charge in [0.05, 0.1) is 7.11 Å². The van der Waals surface area contributed by atoms with Crippen molar-refractivity contribution in [3.05, 3.63) is 35.9 Å². The summed E-state index contributed by atoms with van der Waals surface area (Å²) in [6.45, 7) is 7.26. The quantitative estimate of drug-likeness (QED) is 0.872. The van der Waals surface area contributed by atoms with Crippen molar-refractivity contribution in [1.29, 1.82) is 0 Å². The van der Waals surface area contributed by atoms with Gasteiger partial charge in [-0.05, 0) is 26.3 Å². The summed E-state index contributed by atoms with van der Waals surface area (Å²) < 4.78 is 10.2. The number of carbonyl (C=O) groups excluding carboxylic acids is 2. The van der Waals surface area contributed by atoms with Crippen LogP contribution in [0.3, 0.4) is 0 Å². The zero-order chi connectivity index (χ0) is 16.5. The number of nitrogens with one attached hydrogen (secondary N) is 1. The number of ether oxygens (including phenoxy) is 2. The molecule has 1 fully saturated rings. The Balaban J connectivity index is 2.24. The number of hydrogen-bond donors (Lipinski definition) is 1. The summed E-state index contributed by atoms with van der Waals surface area (Å²) in [4.78, 5) is 24.4. The van der Waals surface area contributed by atoms with Gasteiger partial charge in [0.25, 0.3) is 0 Å². The molecule has 0 heterocycles. The normalized spacial score (nSPS) is 27.0. The molecule has 2 unspecified atom stereocenters. The summed E-state index contributed by atoms with van der Waals surface area (Å²) in [5.74, 6) is -0.622. The van der Waals surface area contributed by atoms with Crippen molar-refractivity contribution >= 4 is 12.1 Å². The van der Waals surface area contributed by atoms with E-state index in [1.54, 1.807) is 20.8 Å². The van der Waals surface area contributed by atoms with Gasteiger partial charge in [0.15, 0.2) is 5.54 Å². The number of alkyl carbamates (subject to hydrolysis) is 1. The first-order valence-corrected chi connectivity index (χ1v) is 7.37. The van der Waals surface area contributed by atoms with Gasteiger partial charge in [-0.2, -0.15) is 0 Å².